The summed E-state index contributed by atoms with van der Waals surface area (Å²) < 4.78 is 14.0. The first kappa shape index (κ1) is 19.8. The second-order valence-corrected chi connectivity index (χ2v) is 13.5. The van der Waals surface area contributed by atoms with Crippen molar-refractivity contribution in [2.45, 2.75) is 63.8 Å². The van der Waals surface area contributed by atoms with Gasteiger partial charge in [-0.2, -0.15) is 0 Å². The molecule has 3 atom stereocenters. The van der Waals surface area contributed by atoms with Crippen LogP contribution in [0.1, 0.15) is 33.4 Å². The van der Waals surface area contributed by atoms with Gasteiger partial charge in [-0.05, 0) is 40.7 Å². The van der Waals surface area contributed by atoms with Gasteiger partial charge < -0.3 is 14.3 Å². The molecule has 1 aromatic heterocycles. The second kappa shape index (κ2) is 7.02. The van der Waals surface area contributed by atoms with E-state index >= 15 is 0 Å². The van der Waals surface area contributed by atoms with Crippen LogP contribution < -0.4 is 11.2 Å². The zero-order chi connectivity index (χ0) is 18.3. The summed E-state index contributed by atoms with van der Waals surface area (Å²) in [6.07, 6.45) is 0.614. The van der Waals surface area contributed by atoms with Crippen LogP contribution >= 0.6 is 22.6 Å². The van der Waals surface area contributed by atoms with Crippen LogP contribution in [-0.4, -0.2) is 41.8 Å². The third-order valence-electron chi connectivity index (χ3n) is 4.85. The summed E-state index contributed by atoms with van der Waals surface area (Å²) in [7, 11) is -2.03. The van der Waals surface area contributed by atoms with E-state index in [4.69, 9.17) is 9.16 Å². The number of rotatable bonds is 4. The van der Waals surface area contributed by atoms with Crippen LogP contribution in [0.3, 0.4) is 0 Å². The van der Waals surface area contributed by atoms with E-state index in [1.165, 1.54) is 10.8 Å². The number of hydrogen-bond donors (Lipinski definition) is 2. The van der Waals surface area contributed by atoms with Crippen LogP contribution in [0.5, 0.6) is 0 Å². The molecule has 1 saturated heterocycles. The molecule has 1 aliphatic rings. The van der Waals surface area contributed by atoms with Crippen LogP contribution in [0.4, 0.5) is 0 Å². The van der Waals surface area contributed by atoms with E-state index in [0.29, 0.717) is 9.99 Å². The van der Waals surface area contributed by atoms with Crippen molar-refractivity contribution in [3.05, 3.63) is 30.6 Å². The molecule has 1 fully saturated rings. The lowest BCUT2D eigenvalue weighted by atomic mass is 10.2. The van der Waals surface area contributed by atoms with Crippen molar-refractivity contribution >= 4 is 30.9 Å². The van der Waals surface area contributed by atoms with Gasteiger partial charge in [0.25, 0.3) is 5.56 Å². The number of nitrogens with zero attached hydrogens (tertiary/aromatic N) is 1. The first-order chi connectivity index (χ1) is 11.0. The molecule has 24 heavy (non-hydrogen) atoms. The lowest BCUT2D eigenvalue weighted by Crippen LogP contribution is -2.46. The van der Waals surface area contributed by atoms with Gasteiger partial charge in [0, 0.05) is 12.6 Å². The van der Waals surface area contributed by atoms with Crippen molar-refractivity contribution in [1.29, 1.82) is 0 Å². The summed E-state index contributed by atoms with van der Waals surface area (Å²) in [5, 5.41) is 9.67. The summed E-state index contributed by atoms with van der Waals surface area (Å²) in [4.78, 5) is 25.8. The largest absolute Gasteiger partial charge is 0.411 e. The fraction of sp³-hybridized carbons (Fsp3) is 0.733. The summed E-state index contributed by atoms with van der Waals surface area (Å²) in [5.74, 6) is 0. The van der Waals surface area contributed by atoms with E-state index in [9.17, 15) is 14.7 Å². The van der Waals surface area contributed by atoms with Crippen LogP contribution in [0, 0.1) is 3.57 Å². The van der Waals surface area contributed by atoms with Gasteiger partial charge >= 0.3 is 5.69 Å². The first-order valence-corrected chi connectivity index (χ1v) is 11.9. The molecule has 2 heterocycles. The molecule has 136 valence electrons. The molecule has 2 N–H and O–H groups in total. The van der Waals surface area contributed by atoms with Crippen LogP contribution in [0.15, 0.2) is 15.8 Å². The normalized spacial score (nSPS) is 25.2. The zero-order valence-corrected chi connectivity index (χ0v) is 17.8. The molecular weight excluding hydrogens is 443 g/mol. The Morgan fingerprint density at radius 2 is 2.08 bits per heavy atom. The number of ether oxygens (including phenoxy) is 1. The molecule has 1 aromatic rings. The first-order valence-electron chi connectivity index (χ1n) is 7.91. The van der Waals surface area contributed by atoms with Gasteiger partial charge in [0.2, 0.25) is 0 Å². The summed E-state index contributed by atoms with van der Waals surface area (Å²) in [5.41, 5.74) is -0.933. The Hall–Kier alpha value is -0.493. The van der Waals surface area contributed by atoms with Gasteiger partial charge in [-0.1, -0.05) is 20.8 Å². The van der Waals surface area contributed by atoms with Crippen molar-refractivity contribution in [1.82, 2.24) is 9.55 Å². The lowest BCUT2D eigenvalue weighted by Gasteiger charge is -2.39. The van der Waals surface area contributed by atoms with Crippen molar-refractivity contribution in [2.75, 3.05) is 6.61 Å². The maximum atomic E-state index is 12.1. The minimum Gasteiger partial charge on any atom is -0.411 e. The Morgan fingerprint density at radius 1 is 1.46 bits per heavy atom. The van der Waals surface area contributed by atoms with Crippen LogP contribution in [0.25, 0.3) is 0 Å². The van der Waals surface area contributed by atoms with E-state index in [2.05, 4.69) is 38.8 Å². The minimum absolute atomic E-state index is 0.0370. The van der Waals surface area contributed by atoms with Crippen LogP contribution in [-0.2, 0) is 9.16 Å². The van der Waals surface area contributed by atoms with Gasteiger partial charge in [0.15, 0.2) is 8.32 Å². The molecule has 7 nitrogen and oxygen atoms in total. The van der Waals surface area contributed by atoms with E-state index in [1.807, 2.05) is 22.6 Å². The van der Waals surface area contributed by atoms with Gasteiger partial charge in [-0.3, -0.25) is 14.3 Å². The van der Waals surface area contributed by atoms with E-state index in [0.717, 1.165) is 0 Å². The Labute approximate surface area is 155 Å². The highest BCUT2D eigenvalue weighted by Crippen LogP contribution is 2.40. The Balaban J connectivity index is 2.25. The minimum atomic E-state index is -2.03. The topological polar surface area (TPSA) is 93.6 Å². The number of aliphatic hydroxyl groups is 1. The van der Waals surface area contributed by atoms with Gasteiger partial charge in [-0.15, -0.1) is 0 Å². The monoisotopic (exact) mass is 468 g/mol. The highest BCUT2D eigenvalue weighted by molar-refractivity contribution is 14.1. The van der Waals surface area contributed by atoms with Gasteiger partial charge in [0.1, 0.15) is 12.3 Å². The predicted octanol–water partition coefficient (Wildman–Crippen LogP) is 1.81. The predicted molar refractivity (Wildman–Crippen MR) is 102 cm³/mol. The van der Waals surface area contributed by atoms with Gasteiger partial charge in [0.05, 0.1) is 16.3 Å². The number of halogens is 1. The molecule has 0 aromatic carbocycles. The van der Waals surface area contributed by atoms with Crippen molar-refractivity contribution in [2.24, 2.45) is 0 Å². The number of aromatic amines is 1. The standard InChI is InChI=1S/C15H25IN2O5Si/c1-15(2,3)24(4,5)23-10-6-12(22-11(10)8-19)18-7-9(16)13(20)17-14(18)21/h7,10-12,19H,6,8H2,1-5H3,(H,17,20,21)/t10?,11-,12-/m1/s1. The second-order valence-electron chi connectivity index (χ2n) is 7.61. The number of nitrogens with one attached hydrogen (secondary N) is 1. The number of aromatic nitrogens is 2. The van der Waals surface area contributed by atoms with Gasteiger partial charge in [-0.25, -0.2) is 4.79 Å². The molecule has 1 unspecified atom stereocenters. The smallest absolute Gasteiger partial charge is 0.330 e. The average Bonchev–Trinajstić information content (AvgIpc) is 2.83. The fourth-order valence-electron chi connectivity index (χ4n) is 2.39. The molecule has 2 rings (SSSR count). The Bertz CT molecular complexity index is 709. The summed E-state index contributed by atoms with van der Waals surface area (Å²) >= 11 is 1.87. The van der Waals surface area contributed by atoms with E-state index in [-0.39, 0.29) is 17.7 Å². The molecule has 0 saturated carbocycles. The average molecular weight is 468 g/mol. The zero-order valence-electron chi connectivity index (χ0n) is 14.6. The number of aliphatic hydroxyl groups excluding tert-OH is 1. The van der Waals surface area contributed by atoms with Crippen molar-refractivity contribution in [3.8, 4) is 0 Å². The molecule has 0 aliphatic carbocycles. The van der Waals surface area contributed by atoms with Crippen molar-refractivity contribution in [3.63, 3.8) is 0 Å². The number of H-pyrrole nitrogens is 1. The third-order valence-corrected chi connectivity index (χ3v) is 10.1. The maximum absolute atomic E-state index is 12.1. The summed E-state index contributed by atoms with van der Waals surface area (Å²) in [6, 6.07) is 0. The molecule has 0 spiro atoms. The third kappa shape index (κ3) is 4.01. The van der Waals surface area contributed by atoms with Crippen molar-refractivity contribution < 1.29 is 14.3 Å². The molecule has 9 heteroatoms. The molecule has 1 aliphatic heterocycles. The molecule has 0 radical (unpaired) electrons. The lowest BCUT2D eigenvalue weighted by molar-refractivity contribution is -0.0439. The number of hydrogen-bond acceptors (Lipinski definition) is 5. The maximum Gasteiger partial charge on any atom is 0.330 e. The van der Waals surface area contributed by atoms with E-state index in [1.54, 1.807) is 0 Å². The molecular formula is C15H25IN2O5Si. The fourth-order valence-corrected chi connectivity index (χ4v) is 4.18. The SMILES string of the molecule is CC(C)(C)[Si](C)(C)OC1C[C@H](n2cc(I)c(=O)[nH]c2=O)O[C@@H]1CO. The highest BCUT2D eigenvalue weighted by Gasteiger charge is 2.45. The summed E-state index contributed by atoms with van der Waals surface area (Å²) in [6.45, 7) is 10.6. The quantitative estimate of drug-likeness (QED) is 0.520. The Kier molecular flexibility index (Phi) is 5.80. The van der Waals surface area contributed by atoms with Crippen LogP contribution in [0.2, 0.25) is 18.1 Å². The highest BCUT2D eigenvalue weighted by atomic mass is 127. The molecule has 0 bridgehead atoms. The van der Waals surface area contributed by atoms with E-state index < -0.39 is 31.9 Å². The molecule has 0 amide bonds. The Morgan fingerprint density at radius 3 is 2.62 bits per heavy atom.